The van der Waals surface area contributed by atoms with E-state index in [1.54, 1.807) is 0 Å². The van der Waals surface area contributed by atoms with Gasteiger partial charge >= 0.3 is 0 Å². The highest BCUT2D eigenvalue weighted by Gasteiger charge is 2.31. The quantitative estimate of drug-likeness (QED) is 0.706. The molecule has 15 heavy (non-hydrogen) atoms. The van der Waals surface area contributed by atoms with Crippen LogP contribution < -0.4 is 5.73 Å². The maximum Gasteiger partial charge on any atom is 0.222 e. The van der Waals surface area contributed by atoms with Crippen LogP contribution in [-0.2, 0) is 4.79 Å². The smallest absolute Gasteiger partial charge is 0.222 e. The van der Waals surface area contributed by atoms with Crippen molar-refractivity contribution in [1.29, 1.82) is 0 Å². The zero-order valence-electron chi connectivity index (χ0n) is 10.1. The van der Waals surface area contributed by atoms with Gasteiger partial charge in [-0.05, 0) is 31.2 Å². The van der Waals surface area contributed by atoms with Gasteiger partial charge in [0.15, 0.2) is 0 Å². The van der Waals surface area contributed by atoms with Gasteiger partial charge in [-0.15, -0.1) is 0 Å². The van der Waals surface area contributed by atoms with Crippen LogP contribution >= 0.6 is 0 Å². The van der Waals surface area contributed by atoms with Crippen molar-refractivity contribution in [2.45, 2.75) is 46.0 Å². The van der Waals surface area contributed by atoms with Crippen LogP contribution in [0.2, 0.25) is 0 Å². The highest BCUT2D eigenvalue weighted by Crippen LogP contribution is 2.29. The topological polar surface area (TPSA) is 46.3 Å². The molecule has 0 aromatic heterocycles. The average molecular weight is 212 g/mol. The van der Waals surface area contributed by atoms with Crippen molar-refractivity contribution >= 4 is 5.91 Å². The predicted molar refractivity (Wildman–Crippen MR) is 62.5 cm³/mol. The summed E-state index contributed by atoms with van der Waals surface area (Å²) in [5.74, 6) is 0.331. The molecule has 3 heteroatoms. The Morgan fingerprint density at radius 1 is 1.33 bits per heavy atom. The van der Waals surface area contributed by atoms with E-state index in [0.29, 0.717) is 17.7 Å². The summed E-state index contributed by atoms with van der Waals surface area (Å²) in [5.41, 5.74) is 5.73. The molecule has 1 saturated heterocycles. The van der Waals surface area contributed by atoms with E-state index < -0.39 is 0 Å². The third-order valence-corrected chi connectivity index (χ3v) is 3.12. The second-order valence-electron chi connectivity index (χ2n) is 5.33. The van der Waals surface area contributed by atoms with Crippen molar-refractivity contribution in [3.63, 3.8) is 0 Å². The molecule has 3 nitrogen and oxygen atoms in total. The Morgan fingerprint density at radius 2 is 2.07 bits per heavy atom. The Labute approximate surface area is 93.0 Å². The number of rotatable bonds is 5. The fraction of sp³-hybridized carbons (Fsp3) is 0.917. The van der Waals surface area contributed by atoms with E-state index in [1.807, 2.05) is 4.90 Å². The summed E-state index contributed by atoms with van der Waals surface area (Å²) in [5, 5.41) is 0. The molecule has 1 aliphatic rings. The predicted octanol–water partition coefficient (Wildman–Crippen LogP) is 1.76. The van der Waals surface area contributed by atoms with Crippen LogP contribution in [0.4, 0.5) is 0 Å². The van der Waals surface area contributed by atoms with E-state index in [4.69, 9.17) is 5.73 Å². The zero-order chi connectivity index (χ0) is 11.3. The van der Waals surface area contributed by atoms with Crippen LogP contribution in [0.15, 0.2) is 0 Å². The molecule has 0 spiro atoms. The lowest BCUT2D eigenvalue weighted by atomic mass is 9.93. The van der Waals surface area contributed by atoms with Crippen LogP contribution in [0.1, 0.15) is 46.0 Å². The summed E-state index contributed by atoms with van der Waals surface area (Å²) in [6.45, 7) is 7.08. The van der Waals surface area contributed by atoms with Gasteiger partial charge in [0.2, 0.25) is 5.91 Å². The first-order valence-corrected chi connectivity index (χ1v) is 6.03. The molecular formula is C12H24N2O. The Kier molecular flexibility index (Phi) is 4.58. The van der Waals surface area contributed by atoms with E-state index in [1.165, 1.54) is 0 Å². The third kappa shape index (κ3) is 4.20. The first-order valence-electron chi connectivity index (χ1n) is 6.03. The van der Waals surface area contributed by atoms with Gasteiger partial charge in [0, 0.05) is 19.5 Å². The molecule has 0 aliphatic carbocycles. The lowest BCUT2D eigenvalue weighted by Crippen LogP contribution is -2.29. The number of nitrogens with zero attached hydrogens (tertiary/aromatic N) is 1. The van der Waals surface area contributed by atoms with E-state index in [9.17, 15) is 4.79 Å². The lowest BCUT2D eigenvalue weighted by molar-refractivity contribution is -0.130. The minimum Gasteiger partial charge on any atom is -0.342 e. The van der Waals surface area contributed by atoms with Crippen molar-refractivity contribution in [3.8, 4) is 0 Å². The Balaban J connectivity index is 2.18. The first kappa shape index (κ1) is 12.5. The molecule has 0 radical (unpaired) electrons. The maximum atomic E-state index is 11.8. The molecule has 0 saturated carbocycles. The fourth-order valence-corrected chi connectivity index (χ4v) is 2.08. The molecule has 2 N–H and O–H groups in total. The summed E-state index contributed by atoms with van der Waals surface area (Å²) in [6.07, 6.45) is 4.96. The monoisotopic (exact) mass is 212 g/mol. The summed E-state index contributed by atoms with van der Waals surface area (Å²) in [4.78, 5) is 13.8. The van der Waals surface area contributed by atoms with Gasteiger partial charge in [-0.2, -0.15) is 0 Å². The molecule has 0 bridgehead atoms. The van der Waals surface area contributed by atoms with E-state index in [0.717, 1.165) is 45.3 Å². The minimum absolute atomic E-state index is 0.326. The molecule has 1 aliphatic heterocycles. The number of carbonyl (C=O) groups is 1. The van der Waals surface area contributed by atoms with Crippen molar-refractivity contribution in [1.82, 2.24) is 4.90 Å². The van der Waals surface area contributed by atoms with Crippen LogP contribution in [-0.4, -0.2) is 30.4 Å². The molecule has 0 aromatic rings. The van der Waals surface area contributed by atoms with E-state index in [-0.39, 0.29) is 0 Å². The fourth-order valence-electron chi connectivity index (χ4n) is 2.08. The molecule has 0 aromatic carbocycles. The van der Waals surface area contributed by atoms with Crippen LogP contribution in [0.25, 0.3) is 0 Å². The average Bonchev–Trinajstić information content (AvgIpc) is 2.53. The van der Waals surface area contributed by atoms with Gasteiger partial charge in [-0.1, -0.05) is 20.3 Å². The normalized spacial score (nSPS) is 19.5. The molecule has 1 rings (SSSR count). The van der Waals surface area contributed by atoms with Crippen molar-refractivity contribution in [3.05, 3.63) is 0 Å². The minimum atomic E-state index is 0.326. The highest BCUT2D eigenvalue weighted by atomic mass is 16.2. The molecule has 0 unspecified atom stereocenters. The number of amides is 1. The van der Waals surface area contributed by atoms with Gasteiger partial charge in [-0.3, -0.25) is 4.79 Å². The van der Waals surface area contributed by atoms with Crippen LogP contribution in [0, 0.1) is 5.41 Å². The first-order chi connectivity index (χ1) is 7.05. The van der Waals surface area contributed by atoms with Crippen LogP contribution in [0.5, 0.6) is 0 Å². The molecule has 88 valence electrons. The zero-order valence-corrected chi connectivity index (χ0v) is 10.1. The van der Waals surface area contributed by atoms with Gasteiger partial charge in [0.1, 0.15) is 0 Å². The molecular weight excluding hydrogens is 188 g/mol. The SMILES string of the molecule is CC1(C)CCN(C(=O)CCCCCN)C1. The summed E-state index contributed by atoms with van der Waals surface area (Å²) in [7, 11) is 0. The second kappa shape index (κ2) is 5.50. The Morgan fingerprint density at radius 3 is 2.60 bits per heavy atom. The number of unbranched alkanes of at least 4 members (excludes halogenated alkanes) is 2. The van der Waals surface area contributed by atoms with Crippen molar-refractivity contribution < 1.29 is 4.79 Å². The summed E-state index contributed by atoms with van der Waals surface area (Å²) in [6, 6.07) is 0. The Bertz CT molecular complexity index is 214. The molecule has 1 amide bonds. The largest absolute Gasteiger partial charge is 0.342 e. The number of carbonyl (C=O) groups excluding carboxylic acids is 1. The molecule has 1 heterocycles. The van der Waals surface area contributed by atoms with E-state index in [2.05, 4.69) is 13.8 Å². The van der Waals surface area contributed by atoms with Gasteiger partial charge in [0.25, 0.3) is 0 Å². The highest BCUT2D eigenvalue weighted by molar-refractivity contribution is 5.76. The van der Waals surface area contributed by atoms with Gasteiger partial charge in [-0.25, -0.2) is 0 Å². The number of hydrogen-bond donors (Lipinski definition) is 1. The standard InChI is InChI=1S/C12H24N2O/c1-12(2)7-9-14(10-12)11(15)6-4-3-5-8-13/h3-10,13H2,1-2H3. The maximum absolute atomic E-state index is 11.8. The van der Waals surface area contributed by atoms with Gasteiger partial charge in [0.05, 0.1) is 0 Å². The Hall–Kier alpha value is -0.570. The number of hydrogen-bond acceptors (Lipinski definition) is 2. The van der Waals surface area contributed by atoms with Gasteiger partial charge < -0.3 is 10.6 Å². The van der Waals surface area contributed by atoms with Crippen molar-refractivity contribution in [2.75, 3.05) is 19.6 Å². The van der Waals surface area contributed by atoms with E-state index >= 15 is 0 Å². The second-order valence-corrected chi connectivity index (χ2v) is 5.33. The molecule has 0 atom stereocenters. The summed E-state index contributed by atoms with van der Waals surface area (Å²) >= 11 is 0. The van der Waals surface area contributed by atoms with Crippen molar-refractivity contribution in [2.24, 2.45) is 11.1 Å². The third-order valence-electron chi connectivity index (χ3n) is 3.12. The number of nitrogens with two attached hydrogens (primary N) is 1. The lowest BCUT2D eigenvalue weighted by Gasteiger charge is -2.19. The molecule has 1 fully saturated rings. The van der Waals surface area contributed by atoms with Crippen LogP contribution in [0.3, 0.4) is 0 Å². The summed E-state index contributed by atoms with van der Waals surface area (Å²) < 4.78 is 0. The number of likely N-dealkylation sites (tertiary alicyclic amines) is 1.